The summed E-state index contributed by atoms with van der Waals surface area (Å²) in [4.78, 5) is 33.5. The third kappa shape index (κ3) is 39.0. The number of hydrogen-bond acceptors (Lipinski definition) is 8. The van der Waals surface area contributed by atoms with Crippen LogP contribution in [0.15, 0.2) is 0 Å². The van der Waals surface area contributed by atoms with Crippen molar-refractivity contribution in [3.63, 3.8) is 0 Å². The molecule has 10 nitrogen and oxygen atoms in total. The summed E-state index contributed by atoms with van der Waals surface area (Å²) in [7, 11) is -4.61. The van der Waals surface area contributed by atoms with Crippen molar-refractivity contribution in [3.05, 3.63) is 0 Å². The molecule has 1 unspecified atom stereocenters. The number of rotatable bonds is 43. The molecule has 4 N–H and O–H groups in total. The molecule has 0 rings (SSSR count). The van der Waals surface area contributed by atoms with E-state index >= 15 is 0 Å². The van der Waals surface area contributed by atoms with Crippen molar-refractivity contribution in [2.24, 2.45) is 5.73 Å². The van der Waals surface area contributed by atoms with E-state index in [1.807, 2.05) is 0 Å². The number of carboxylic acid groups (broad SMARTS) is 1. The lowest BCUT2D eigenvalue weighted by molar-refractivity contribution is -0.154. The molecule has 0 aliphatic rings. The number of unbranched alkanes of at least 4 members (excludes halogenated alkanes) is 29. The smallest absolute Gasteiger partial charge is 0.472 e. The van der Waals surface area contributed by atoms with Gasteiger partial charge in [-0.1, -0.05) is 200 Å². The lowest BCUT2D eigenvalue weighted by atomic mass is 10.0. The first-order chi connectivity index (χ1) is 25.7. The van der Waals surface area contributed by atoms with Gasteiger partial charge in [0.15, 0.2) is 0 Å². The van der Waals surface area contributed by atoms with Crippen molar-refractivity contribution < 1.29 is 42.7 Å². The fraction of sp³-hybridized carbons (Fsp3) is 0.952. The number of phosphoric acid groups is 1. The summed E-state index contributed by atoms with van der Waals surface area (Å²) < 4.78 is 33.3. The van der Waals surface area contributed by atoms with E-state index in [4.69, 9.17) is 29.4 Å². The predicted molar refractivity (Wildman–Crippen MR) is 217 cm³/mol. The number of phosphoric ester groups is 1. The molecule has 0 aliphatic carbocycles. The van der Waals surface area contributed by atoms with Gasteiger partial charge in [-0.05, 0) is 12.8 Å². The highest BCUT2D eigenvalue weighted by Crippen LogP contribution is 2.43. The molecule has 0 saturated carbocycles. The van der Waals surface area contributed by atoms with E-state index < -0.39 is 45.1 Å². The van der Waals surface area contributed by atoms with E-state index in [9.17, 15) is 19.0 Å². The minimum Gasteiger partial charge on any atom is -0.480 e. The molecule has 0 radical (unpaired) electrons. The first kappa shape index (κ1) is 52.0. The van der Waals surface area contributed by atoms with E-state index in [1.165, 1.54) is 161 Å². The van der Waals surface area contributed by atoms with Crippen LogP contribution in [-0.2, 0) is 32.7 Å². The number of nitrogens with two attached hydrogens (primary N) is 1. The van der Waals surface area contributed by atoms with Gasteiger partial charge in [0.2, 0.25) is 0 Å². The fourth-order valence-corrected chi connectivity index (χ4v) is 7.21. The molecule has 0 fully saturated rings. The standard InChI is InChI=1S/C42H84NO9P/c1-3-5-7-9-11-13-15-17-18-19-20-21-23-25-27-29-31-33-35-49-36-39(37-50-53(47,48)51-38-40(43)42(45)46)52-41(44)34-32-30-28-26-24-22-16-14-12-10-8-6-4-2/h39-40H,3-38,43H2,1-2H3,(H,45,46)(H,47,48)/t39-,40+/m1/s1. The minimum absolute atomic E-state index is 0.0257. The molecule has 0 aromatic carbocycles. The number of carbonyl (C=O) groups excluding carboxylic acids is 1. The summed E-state index contributed by atoms with van der Waals surface area (Å²) in [6.07, 6.45) is 38.6. The maximum atomic E-state index is 12.6. The lowest BCUT2D eigenvalue weighted by Crippen LogP contribution is -2.34. The highest BCUT2D eigenvalue weighted by atomic mass is 31.2. The van der Waals surface area contributed by atoms with E-state index in [0.717, 1.165) is 38.5 Å². The van der Waals surface area contributed by atoms with Crippen molar-refractivity contribution in [3.8, 4) is 0 Å². The quantitative estimate of drug-likeness (QED) is 0.0309. The third-order valence-corrected chi connectivity index (χ3v) is 10.8. The summed E-state index contributed by atoms with van der Waals surface area (Å²) in [5, 5.41) is 8.89. The second-order valence-electron chi connectivity index (χ2n) is 15.2. The highest BCUT2D eigenvalue weighted by molar-refractivity contribution is 7.47. The van der Waals surface area contributed by atoms with Crippen LogP contribution in [0.5, 0.6) is 0 Å². The Morgan fingerprint density at radius 2 is 0.868 bits per heavy atom. The molecule has 53 heavy (non-hydrogen) atoms. The van der Waals surface area contributed by atoms with Gasteiger partial charge in [-0.15, -0.1) is 0 Å². The molecule has 3 atom stereocenters. The number of esters is 1. The van der Waals surface area contributed by atoms with Crippen molar-refractivity contribution in [2.75, 3.05) is 26.4 Å². The van der Waals surface area contributed by atoms with E-state index in [2.05, 4.69) is 13.8 Å². The van der Waals surface area contributed by atoms with Gasteiger partial charge in [0.05, 0.1) is 19.8 Å². The summed E-state index contributed by atoms with van der Waals surface area (Å²) >= 11 is 0. The molecule has 0 aromatic heterocycles. The van der Waals surface area contributed by atoms with Crippen molar-refractivity contribution in [1.29, 1.82) is 0 Å². The highest BCUT2D eigenvalue weighted by Gasteiger charge is 2.27. The van der Waals surface area contributed by atoms with E-state index in [-0.39, 0.29) is 13.0 Å². The molecular weight excluding hydrogens is 693 g/mol. The summed E-state index contributed by atoms with van der Waals surface area (Å²) in [5.41, 5.74) is 5.35. The number of carbonyl (C=O) groups is 2. The number of carboxylic acids is 1. The van der Waals surface area contributed by atoms with Gasteiger partial charge in [0.25, 0.3) is 0 Å². The Hall–Kier alpha value is -1.03. The van der Waals surface area contributed by atoms with Gasteiger partial charge in [0.1, 0.15) is 12.1 Å². The molecular formula is C42H84NO9P. The van der Waals surface area contributed by atoms with Crippen LogP contribution in [0.25, 0.3) is 0 Å². The van der Waals surface area contributed by atoms with Gasteiger partial charge >= 0.3 is 19.8 Å². The zero-order valence-electron chi connectivity index (χ0n) is 34.4. The largest absolute Gasteiger partial charge is 0.480 e. The van der Waals surface area contributed by atoms with E-state index in [0.29, 0.717) is 6.61 Å². The summed E-state index contributed by atoms with van der Waals surface area (Å²) in [6, 6.07) is -1.47. The van der Waals surface area contributed by atoms with Crippen molar-refractivity contribution in [2.45, 2.75) is 231 Å². The normalized spacial score (nSPS) is 13.9. The van der Waals surface area contributed by atoms with Gasteiger partial charge in [-0.3, -0.25) is 18.6 Å². The summed E-state index contributed by atoms with van der Waals surface area (Å²) in [6.45, 7) is 3.92. The van der Waals surface area contributed by atoms with Crippen LogP contribution >= 0.6 is 7.82 Å². The van der Waals surface area contributed by atoms with Gasteiger partial charge in [-0.2, -0.15) is 0 Å². The molecule has 0 aromatic rings. The van der Waals surface area contributed by atoms with Crippen LogP contribution in [0.2, 0.25) is 0 Å². The zero-order valence-corrected chi connectivity index (χ0v) is 35.3. The number of hydrogen-bond donors (Lipinski definition) is 3. The Morgan fingerprint density at radius 3 is 1.25 bits per heavy atom. The molecule has 316 valence electrons. The van der Waals surface area contributed by atoms with E-state index in [1.54, 1.807) is 0 Å². The van der Waals surface area contributed by atoms with Gasteiger partial charge in [-0.25, -0.2) is 4.57 Å². The average molecular weight is 778 g/mol. The zero-order chi connectivity index (χ0) is 39.1. The van der Waals surface area contributed by atoms with Crippen LogP contribution in [0.4, 0.5) is 0 Å². The molecule has 0 heterocycles. The molecule has 0 spiro atoms. The van der Waals surface area contributed by atoms with Crippen LogP contribution in [0.3, 0.4) is 0 Å². The Morgan fingerprint density at radius 1 is 0.528 bits per heavy atom. The fourth-order valence-electron chi connectivity index (χ4n) is 6.43. The number of aliphatic carboxylic acids is 1. The Kier molecular flexibility index (Phi) is 38.5. The van der Waals surface area contributed by atoms with Crippen LogP contribution < -0.4 is 5.73 Å². The predicted octanol–water partition coefficient (Wildman–Crippen LogP) is 12.0. The van der Waals surface area contributed by atoms with Crippen LogP contribution in [-0.4, -0.2) is 60.5 Å². The first-order valence-corrected chi connectivity index (χ1v) is 23.6. The summed E-state index contributed by atoms with van der Waals surface area (Å²) in [5.74, 6) is -1.77. The second-order valence-corrected chi connectivity index (χ2v) is 16.6. The number of ether oxygens (including phenoxy) is 2. The SMILES string of the molecule is CCCCCCCCCCCCCCCCCCCCOC[C@H](COP(=O)(O)OC[C@H](N)C(=O)O)OC(=O)CCCCCCCCCCCCCCC. The molecule has 0 amide bonds. The molecule has 0 aliphatic heterocycles. The van der Waals surface area contributed by atoms with Crippen LogP contribution in [0, 0.1) is 0 Å². The first-order valence-electron chi connectivity index (χ1n) is 22.1. The Bertz CT molecular complexity index is 862. The molecule has 0 saturated heterocycles. The van der Waals surface area contributed by atoms with Crippen molar-refractivity contribution in [1.82, 2.24) is 0 Å². The van der Waals surface area contributed by atoms with Crippen LogP contribution in [0.1, 0.15) is 219 Å². The minimum atomic E-state index is -4.61. The third-order valence-electron chi connectivity index (χ3n) is 9.89. The Balaban J connectivity index is 4.16. The van der Waals surface area contributed by atoms with Crippen molar-refractivity contribution >= 4 is 19.8 Å². The maximum Gasteiger partial charge on any atom is 0.472 e. The topological polar surface area (TPSA) is 155 Å². The lowest BCUT2D eigenvalue weighted by Gasteiger charge is -2.20. The second kappa shape index (κ2) is 39.2. The van der Waals surface area contributed by atoms with Gasteiger partial charge in [0, 0.05) is 13.0 Å². The Labute approximate surface area is 325 Å². The maximum absolute atomic E-state index is 12.6. The average Bonchev–Trinajstić information content (AvgIpc) is 3.13. The molecule has 11 heteroatoms. The molecule has 0 bridgehead atoms. The van der Waals surface area contributed by atoms with Gasteiger partial charge < -0.3 is 25.2 Å². The monoisotopic (exact) mass is 778 g/mol.